The summed E-state index contributed by atoms with van der Waals surface area (Å²) in [5.74, 6) is -10.6. The number of aliphatic carboxylic acids is 1. The molecule has 2 aliphatic rings. The van der Waals surface area contributed by atoms with E-state index in [0.29, 0.717) is 70.6 Å². The third-order valence-electron chi connectivity index (χ3n) is 16.1. The van der Waals surface area contributed by atoms with E-state index < -0.39 is 151 Å². The van der Waals surface area contributed by atoms with Crippen LogP contribution in [0.1, 0.15) is 67.3 Å². The Kier molecular flexibility index (Phi) is 26.3. The molecule has 3 aromatic heterocycles. The fraction of sp³-hybridized carbons (Fsp3) is 0.406. The number of phenolic OH excluding ortho intramolecular Hbond substituents is 1. The summed E-state index contributed by atoms with van der Waals surface area (Å²) in [6.07, 6.45) is 8.27. The number of rotatable bonds is 15. The van der Waals surface area contributed by atoms with E-state index in [1.165, 1.54) is 108 Å². The first-order chi connectivity index (χ1) is 46.1. The van der Waals surface area contributed by atoms with Crippen LogP contribution in [-0.2, 0) is 78.4 Å². The third kappa shape index (κ3) is 20.8. The minimum atomic E-state index is -2.04. The lowest BCUT2D eigenvalue weighted by Crippen LogP contribution is -2.61. The lowest BCUT2D eigenvalue weighted by Gasteiger charge is -2.31. The van der Waals surface area contributed by atoms with Crippen LogP contribution in [0.25, 0.3) is 21.8 Å². The van der Waals surface area contributed by atoms with Crippen molar-refractivity contribution in [1.82, 2.24) is 67.4 Å². The summed E-state index contributed by atoms with van der Waals surface area (Å²) in [7, 11) is 0. The highest BCUT2D eigenvalue weighted by Gasteiger charge is 2.41. The maximum Gasteiger partial charge on any atom is 0.305 e. The Morgan fingerprint density at radius 2 is 1.22 bits per heavy atom. The summed E-state index contributed by atoms with van der Waals surface area (Å²) in [5, 5.41) is 41.7. The van der Waals surface area contributed by atoms with Crippen LogP contribution in [0.4, 0.5) is 8.78 Å². The van der Waals surface area contributed by atoms with Gasteiger partial charge in [0.2, 0.25) is 59.1 Å². The van der Waals surface area contributed by atoms with E-state index in [2.05, 4.69) is 62.5 Å². The molecular formula is C64H77F2N15O13S2. The smallest absolute Gasteiger partial charge is 0.305 e. The molecule has 28 nitrogen and oxygen atoms in total. The van der Waals surface area contributed by atoms with Gasteiger partial charge in [0.25, 0.3) is 0 Å². The van der Waals surface area contributed by atoms with E-state index in [-0.39, 0.29) is 66.8 Å². The van der Waals surface area contributed by atoms with E-state index in [1.54, 1.807) is 0 Å². The zero-order chi connectivity index (χ0) is 68.8. The number of phenols is 1. The number of primary amides is 1. The highest BCUT2D eigenvalue weighted by atomic mass is 32.2. The minimum absolute atomic E-state index is 0.0113. The van der Waals surface area contributed by atoms with E-state index in [9.17, 15) is 71.7 Å². The largest absolute Gasteiger partial charge is 0.508 e. The maximum absolute atomic E-state index is 15.0. The molecule has 0 radical (unpaired) electrons. The quantitative estimate of drug-likeness (QED) is 0.0495. The Morgan fingerprint density at radius 3 is 1.82 bits per heavy atom. The number of carbonyl (C=O) groups excluding carboxylic acids is 10. The van der Waals surface area contributed by atoms with E-state index in [0.717, 1.165) is 6.07 Å². The molecule has 0 saturated carbocycles. The predicted octanol–water partition coefficient (Wildman–Crippen LogP) is 0.643. The second kappa shape index (κ2) is 35.1. The molecule has 2 aliphatic heterocycles. The molecule has 5 heterocycles. The first kappa shape index (κ1) is 72.0. The SMILES string of the molecule is NCCCC[C@@H]1NC(=O)CCSC/C=C/CSC[C@@H](C(N)=O)NC(=O)[C@@H]2CCCN2C(=O)[C@H](Cc2ccc(O)cc2)NC(=O)[C@H](Cc2c[nH]cn2)NC(=O)[C@H](CC(=O)O)NC(=O)[C@H](Cc2c[nH]c3ccc(F)cc23)NC(=O)[C@H](Cc2c[nH]c3ccc(F)cc23)NC(=O)CNC1=O. The van der Waals surface area contributed by atoms with Gasteiger partial charge in [0.05, 0.1) is 25.0 Å². The number of aromatic nitrogens is 4. The van der Waals surface area contributed by atoms with Gasteiger partial charge in [-0.1, -0.05) is 24.3 Å². The van der Waals surface area contributed by atoms with Gasteiger partial charge in [0, 0.05) is 102 Å². The predicted molar refractivity (Wildman–Crippen MR) is 352 cm³/mol. The fourth-order valence-electron chi connectivity index (χ4n) is 11.1. The van der Waals surface area contributed by atoms with Crippen molar-refractivity contribution in [2.24, 2.45) is 11.5 Å². The molecule has 96 heavy (non-hydrogen) atoms. The molecule has 32 heteroatoms. The van der Waals surface area contributed by atoms with Gasteiger partial charge < -0.3 is 84.1 Å². The van der Waals surface area contributed by atoms with E-state index in [1.807, 2.05) is 12.2 Å². The van der Waals surface area contributed by atoms with Gasteiger partial charge in [0.1, 0.15) is 65.7 Å². The van der Waals surface area contributed by atoms with Crippen LogP contribution in [0.5, 0.6) is 5.75 Å². The number of halogens is 2. The second-order valence-corrected chi connectivity index (χ2v) is 25.3. The van der Waals surface area contributed by atoms with Crippen molar-refractivity contribution in [3.05, 3.63) is 132 Å². The molecule has 0 spiro atoms. The minimum Gasteiger partial charge on any atom is -0.508 e. The molecule has 6 aromatic rings. The van der Waals surface area contributed by atoms with Crippen LogP contribution < -0.4 is 54.0 Å². The monoisotopic (exact) mass is 1370 g/mol. The molecular weight excluding hydrogens is 1290 g/mol. The summed E-state index contributed by atoms with van der Waals surface area (Å²) >= 11 is 2.71. The van der Waals surface area contributed by atoms with Gasteiger partial charge in [0.15, 0.2) is 0 Å². The number of carboxylic acid groups (broad SMARTS) is 1. The van der Waals surface area contributed by atoms with Crippen molar-refractivity contribution < 1.29 is 71.7 Å². The topological polar surface area (TPSA) is 440 Å². The van der Waals surface area contributed by atoms with Crippen LogP contribution in [-0.4, -0.2) is 191 Å². The number of fused-ring (bicyclic) bond motifs is 3. The Hall–Kier alpha value is -9.82. The van der Waals surface area contributed by atoms with E-state index >= 15 is 0 Å². The Balaban J connectivity index is 1.13. The number of thioether (sulfide) groups is 2. The lowest BCUT2D eigenvalue weighted by atomic mass is 10.0. The third-order valence-corrected chi connectivity index (χ3v) is 18.0. The summed E-state index contributed by atoms with van der Waals surface area (Å²) < 4.78 is 29.7. The van der Waals surface area contributed by atoms with Crippen molar-refractivity contribution in [2.75, 3.05) is 42.6 Å². The standard InChI is InChI=1S/C64H77F2N15O13S2/c65-38-10-14-44-42(25-38)36(29-70-44)23-47-59(89)76-48(24-37-30-71-45-15-11-39(66)26-43(37)45)60(90)78-50(28-56(85)86)62(92)77-49(27-40-31-69-34-73-40)61(91)79-51(22-35-8-12-41(82)13-9-35)64(94)81-18-5-7-53(81)63(93)80-52(57(68)87)33-96-20-4-3-19-95-21-16-54(83)74-46(6-1-2-17-67)58(88)72-32-55(84)75-47/h3-4,8-15,25-26,29-31,34,46-53,70-71,82H,1-2,5-7,16-24,27-28,32-33,67H2,(H2,68,87)(H,69,73)(H,72,88)(H,74,83)(H,75,84)(H,76,89)(H,77,92)(H,78,90)(H,79,91)(H,80,93)(H,85,86)/b4-3+/t46-,47-,48-,49-,50-,51-,52-,53-/m0/s1. The van der Waals surface area contributed by atoms with Gasteiger partial charge >= 0.3 is 5.97 Å². The highest BCUT2D eigenvalue weighted by molar-refractivity contribution is 7.99. The molecule has 1 fully saturated rings. The number of unbranched alkanes of at least 4 members (excludes halogenated alkanes) is 1. The summed E-state index contributed by atoms with van der Waals surface area (Å²) in [6.45, 7) is -0.402. The number of imidazole rings is 1. The Labute approximate surface area is 557 Å². The Bertz CT molecular complexity index is 3800. The lowest BCUT2D eigenvalue weighted by molar-refractivity contribution is -0.143. The molecule has 8 rings (SSSR count). The first-order valence-electron chi connectivity index (χ1n) is 31.1. The van der Waals surface area contributed by atoms with Crippen LogP contribution in [0.15, 0.2) is 97.7 Å². The summed E-state index contributed by atoms with van der Waals surface area (Å²) in [6, 6.07) is 1.27. The van der Waals surface area contributed by atoms with Crippen molar-refractivity contribution in [1.29, 1.82) is 0 Å². The van der Waals surface area contributed by atoms with Crippen LogP contribution in [0.2, 0.25) is 0 Å². The molecule has 3 aromatic carbocycles. The molecule has 17 N–H and O–H groups in total. The molecule has 0 unspecified atom stereocenters. The average Bonchev–Trinajstić information content (AvgIpc) is 1.65. The van der Waals surface area contributed by atoms with Crippen LogP contribution in [0, 0.1) is 11.6 Å². The van der Waals surface area contributed by atoms with Crippen molar-refractivity contribution in [3.63, 3.8) is 0 Å². The van der Waals surface area contributed by atoms with Crippen molar-refractivity contribution in [3.8, 4) is 5.75 Å². The molecule has 8 atom stereocenters. The van der Waals surface area contributed by atoms with Crippen molar-refractivity contribution in [2.45, 2.75) is 119 Å². The normalized spacial score (nSPS) is 22.9. The number of hydrogen-bond donors (Lipinski definition) is 15. The average molecular weight is 1370 g/mol. The number of nitrogens with one attached hydrogen (secondary N) is 11. The van der Waals surface area contributed by atoms with Gasteiger partial charge in [-0.05, 0) is 104 Å². The molecule has 512 valence electrons. The van der Waals surface area contributed by atoms with Crippen LogP contribution >= 0.6 is 23.5 Å². The number of nitrogens with zero attached hydrogens (tertiary/aromatic N) is 2. The zero-order valence-corrected chi connectivity index (χ0v) is 53.7. The number of carboxylic acids is 1. The number of benzene rings is 3. The highest BCUT2D eigenvalue weighted by Crippen LogP contribution is 2.25. The maximum atomic E-state index is 15.0. The zero-order valence-electron chi connectivity index (χ0n) is 52.1. The van der Waals surface area contributed by atoms with E-state index in [4.69, 9.17) is 11.5 Å². The number of aromatic hydroxyl groups is 1. The number of amides is 10. The molecule has 0 bridgehead atoms. The molecule has 0 aliphatic carbocycles. The van der Waals surface area contributed by atoms with Gasteiger partial charge in [-0.15, -0.1) is 0 Å². The van der Waals surface area contributed by atoms with Crippen LogP contribution in [0.3, 0.4) is 0 Å². The summed E-state index contributed by atoms with van der Waals surface area (Å²) in [4.78, 5) is 169. The van der Waals surface area contributed by atoms with Gasteiger partial charge in [-0.25, -0.2) is 13.8 Å². The molecule has 1 saturated heterocycles. The fourth-order valence-corrected chi connectivity index (χ4v) is 12.8. The Morgan fingerprint density at radius 1 is 0.635 bits per heavy atom. The number of H-pyrrole nitrogens is 3. The summed E-state index contributed by atoms with van der Waals surface area (Å²) in [5.41, 5.74) is 13.6. The van der Waals surface area contributed by atoms with Gasteiger partial charge in [-0.2, -0.15) is 23.5 Å². The molecule has 10 amide bonds. The number of aromatic amines is 3. The first-order valence-corrected chi connectivity index (χ1v) is 33.4. The van der Waals surface area contributed by atoms with Gasteiger partial charge in [-0.3, -0.25) is 52.7 Å². The number of hydrogen-bond acceptors (Lipinski definition) is 16. The van der Waals surface area contributed by atoms with Crippen molar-refractivity contribution >= 4 is 110 Å². The second-order valence-electron chi connectivity index (χ2n) is 23.1. The number of carbonyl (C=O) groups is 11. The number of nitrogens with two attached hydrogens (primary N) is 2.